The van der Waals surface area contributed by atoms with Crippen LogP contribution in [0.1, 0.15) is 5.56 Å². The van der Waals surface area contributed by atoms with Gasteiger partial charge in [-0.1, -0.05) is 18.2 Å². The summed E-state index contributed by atoms with van der Waals surface area (Å²) in [5, 5.41) is 22.6. The number of aliphatic hydroxyl groups excluding tert-OH is 1. The van der Waals surface area contributed by atoms with Crippen LogP contribution in [-0.2, 0) is 0 Å². The maximum absolute atomic E-state index is 9.95. The maximum Gasteiger partial charge on any atom is 0.160 e. The highest BCUT2D eigenvalue weighted by molar-refractivity contribution is 5.86. The number of para-hydroxylation sites is 2. The Kier molecular flexibility index (Phi) is 14.5. The number of nitrogens with one attached hydrogen (secondary N) is 1. The molecule has 2 rings (SSSR count). The van der Waals surface area contributed by atoms with E-state index in [1.807, 2.05) is 13.0 Å². The fraction of sp³-hybridized carbons (Fsp3) is 0.333. The Morgan fingerprint density at radius 3 is 2.32 bits per heavy atom. The number of aromatic hydroxyl groups is 1. The standard InChI is InChI=1S/C18H25N3O4.3ClH/c1-12-6-7-16(18(20)17(12)19)25-11-13(22)10-21-8-9-24-15-5-3-2-4-14(15)23;;;/h2-7,13,21-23H,8-11,19-20H2,1H3;3*1H. The zero-order valence-electron chi connectivity index (χ0n) is 15.5. The van der Waals surface area contributed by atoms with E-state index in [1.165, 1.54) is 0 Å². The molecule has 160 valence electrons. The Bertz CT molecular complexity index is 708. The Morgan fingerprint density at radius 2 is 1.64 bits per heavy atom. The normalized spacial score (nSPS) is 10.6. The first-order valence-corrected chi connectivity index (χ1v) is 8.06. The lowest BCUT2D eigenvalue weighted by atomic mass is 10.1. The molecule has 0 spiro atoms. The van der Waals surface area contributed by atoms with Gasteiger partial charge >= 0.3 is 0 Å². The average molecular weight is 457 g/mol. The zero-order chi connectivity index (χ0) is 18.2. The smallest absolute Gasteiger partial charge is 0.160 e. The molecule has 0 heterocycles. The Morgan fingerprint density at radius 1 is 0.964 bits per heavy atom. The summed E-state index contributed by atoms with van der Waals surface area (Å²) in [4.78, 5) is 0. The number of ether oxygens (including phenoxy) is 2. The number of benzene rings is 2. The van der Waals surface area contributed by atoms with E-state index >= 15 is 0 Å². The van der Waals surface area contributed by atoms with Gasteiger partial charge in [-0.3, -0.25) is 0 Å². The van der Waals surface area contributed by atoms with Crippen LogP contribution in [0.3, 0.4) is 0 Å². The fourth-order valence-electron chi connectivity index (χ4n) is 2.18. The number of nitrogen functional groups attached to an aromatic ring is 2. The molecule has 0 amide bonds. The van der Waals surface area contributed by atoms with Crippen molar-refractivity contribution in [2.45, 2.75) is 13.0 Å². The third-order valence-electron chi connectivity index (χ3n) is 3.68. The number of anilines is 2. The van der Waals surface area contributed by atoms with E-state index in [4.69, 9.17) is 20.9 Å². The van der Waals surface area contributed by atoms with Gasteiger partial charge in [-0.05, 0) is 30.7 Å². The predicted molar refractivity (Wildman–Crippen MR) is 120 cm³/mol. The molecule has 1 atom stereocenters. The number of phenols is 1. The van der Waals surface area contributed by atoms with Gasteiger partial charge < -0.3 is 36.5 Å². The van der Waals surface area contributed by atoms with Crippen molar-refractivity contribution in [3.63, 3.8) is 0 Å². The maximum atomic E-state index is 9.95. The van der Waals surface area contributed by atoms with Crippen molar-refractivity contribution in [2.75, 3.05) is 37.8 Å². The lowest BCUT2D eigenvalue weighted by Gasteiger charge is -2.16. The molecule has 0 aliphatic heterocycles. The highest BCUT2D eigenvalue weighted by Gasteiger charge is 2.10. The third-order valence-corrected chi connectivity index (χ3v) is 3.68. The van der Waals surface area contributed by atoms with E-state index in [1.54, 1.807) is 30.3 Å². The quantitative estimate of drug-likeness (QED) is 0.290. The van der Waals surface area contributed by atoms with Crippen LogP contribution in [0.4, 0.5) is 11.4 Å². The van der Waals surface area contributed by atoms with E-state index < -0.39 is 6.10 Å². The molecule has 0 aliphatic carbocycles. The van der Waals surface area contributed by atoms with Gasteiger partial charge in [0.05, 0.1) is 11.4 Å². The van der Waals surface area contributed by atoms with Crippen LogP contribution in [0.2, 0.25) is 0 Å². The van der Waals surface area contributed by atoms with E-state index in [-0.39, 0.29) is 49.6 Å². The summed E-state index contributed by atoms with van der Waals surface area (Å²) in [5.74, 6) is 0.997. The molecule has 28 heavy (non-hydrogen) atoms. The number of phenolic OH excluding ortho intramolecular Hbond substituents is 1. The largest absolute Gasteiger partial charge is 0.504 e. The Hall–Kier alpha value is -1.77. The molecule has 1 unspecified atom stereocenters. The zero-order valence-corrected chi connectivity index (χ0v) is 17.9. The molecular weight excluding hydrogens is 429 g/mol. The minimum absolute atomic E-state index is 0. The molecule has 7 nitrogen and oxygen atoms in total. The van der Waals surface area contributed by atoms with Crippen LogP contribution in [0.15, 0.2) is 36.4 Å². The molecule has 0 saturated heterocycles. The topological polar surface area (TPSA) is 123 Å². The summed E-state index contributed by atoms with van der Waals surface area (Å²) in [6.45, 7) is 3.19. The first kappa shape index (κ1) is 28.4. The van der Waals surface area contributed by atoms with Gasteiger partial charge in [-0.15, -0.1) is 37.2 Å². The van der Waals surface area contributed by atoms with Crippen LogP contribution in [0, 0.1) is 6.92 Å². The van der Waals surface area contributed by atoms with Crippen LogP contribution in [-0.4, -0.2) is 42.6 Å². The number of hydrogen-bond donors (Lipinski definition) is 5. The minimum atomic E-state index is -0.702. The fourth-order valence-corrected chi connectivity index (χ4v) is 2.18. The second kappa shape index (κ2) is 14.3. The molecule has 2 aromatic rings. The van der Waals surface area contributed by atoms with Crippen LogP contribution in [0.5, 0.6) is 17.2 Å². The molecule has 2 aromatic carbocycles. The average Bonchev–Trinajstić information content (AvgIpc) is 2.60. The molecule has 0 aliphatic rings. The molecular formula is C18H28Cl3N3O4. The van der Waals surface area contributed by atoms with Crippen molar-refractivity contribution < 1.29 is 19.7 Å². The molecule has 0 bridgehead atoms. The van der Waals surface area contributed by atoms with Gasteiger partial charge in [-0.2, -0.15) is 0 Å². The Balaban J connectivity index is 0. The van der Waals surface area contributed by atoms with E-state index in [2.05, 4.69) is 5.32 Å². The summed E-state index contributed by atoms with van der Waals surface area (Å²) >= 11 is 0. The highest BCUT2D eigenvalue weighted by Crippen LogP contribution is 2.30. The summed E-state index contributed by atoms with van der Waals surface area (Å²) in [6.07, 6.45) is -0.702. The molecule has 0 fully saturated rings. The van der Waals surface area contributed by atoms with E-state index in [9.17, 15) is 10.2 Å². The summed E-state index contributed by atoms with van der Waals surface area (Å²) in [5.41, 5.74) is 13.5. The van der Waals surface area contributed by atoms with Gasteiger partial charge in [0.2, 0.25) is 0 Å². The number of nitrogens with two attached hydrogens (primary N) is 2. The van der Waals surface area contributed by atoms with E-state index in [0.717, 1.165) is 5.56 Å². The Labute approximate surface area is 183 Å². The van der Waals surface area contributed by atoms with Crippen molar-refractivity contribution in [2.24, 2.45) is 0 Å². The monoisotopic (exact) mass is 455 g/mol. The van der Waals surface area contributed by atoms with Crippen LogP contribution in [0.25, 0.3) is 0 Å². The molecule has 7 N–H and O–H groups in total. The SMILES string of the molecule is Cc1ccc(OCC(O)CNCCOc2ccccc2O)c(N)c1N.Cl.Cl.Cl. The van der Waals surface area contributed by atoms with Gasteiger partial charge in [-0.25, -0.2) is 0 Å². The van der Waals surface area contributed by atoms with Gasteiger partial charge in [0.1, 0.15) is 25.1 Å². The van der Waals surface area contributed by atoms with Crippen molar-refractivity contribution >= 4 is 48.6 Å². The van der Waals surface area contributed by atoms with Gasteiger partial charge in [0.25, 0.3) is 0 Å². The molecule has 0 saturated carbocycles. The number of aliphatic hydroxyl groups is 1. The van der Waals surface area contributed by atoms with Crippen molar-refractivity contribution in [1.29, 1.82) is 0 Å². The van der Waals surface area contributed by atoms with Gasteiger partial charge in [0, 0.05) is 13.1 Å². The lowest BCUT2D eigenvalue weighted by Crippen LogP contribution is -2.33. The third kappa shape index (κ3) is 8.50. The minimum Gasteiger partial charge on any atom is -0.504 e. The first-order chi connectivity index (χ1) is 12.0. The lowest BCUT2D eigenvalue weighted by molar-refractivity contribution is 0.106. The number of hydrogen-bond acceptors (Lipinski definition) is 7. The first-order valence-electron chi connectivity index (χ1n) is 8.06. The van der Waals surface area contributed by atoms with Crippen molar-refractivity contribution in [3.05, 3.63) is 42.0 Å². The van der Waals surface area contributed by atoms with E-state index in [0.29, 0.717) is 42.6 Å². The van der Waals surface area contributed by atoms with Crippen molar-refractivity contribution in [3.8, 4) is 17.2 Å². The summed E-state index contributed by atoms with van der Waals surface area (Å²) < 4.78 is 10.9. The number of rotatable bonds is 9. The summed E-state index contributed by atoms with van der Waals surface area (Å²) in [7, 11) is 0. The second-order valence-electron chi connectivity index (χ2n) is 5.69. The number of aryl methyl sites for hydroxylation is 1. The van der Waals surface area contributed by atoms with Crippen molar-refractivity contribution in [1.82, 2.24) is 5.32 Å². The molecule has 0 radical (unpaired) electrons. The highest BCUT2D eigenvalue weighted by atomic mass is 35.5. The van der Waals surface area contributed by atoms with Gasteiger partial charge in [0.15, 0.2) is 11.5 Å². The number of halogens is 3. The molecule has 10 heteroatoms. The predicted octanol–water partition coefficient (Wildman–Crippen LogP) is 2.54. The van der Waals surface area contributed by atoms with Crippen LogP contribution < -0.4 is 26.3 Å². The van der Waals surface area contributed by atoms with Crippen LogP contribution >= 0.6 is 37.2 Å². The summed E-state index contributed by atoms with van der Waals surface area (Å²) in [6, 6.07) is 10.3. The molecule has 0 aromatic heterocycles. The second-order valence-corrected chi connectivity index (χ2v) is 5.69.